The topological polar surface area (TPSA) is 107 Å². The first-order chi connectivity index (χ1) is 15.3. The molecule has 0 spiro atoms. The van der Waals surface area contributed by atoms with Gasteiger partial charge in [0.1, 0.15) is 9.88 Å². The molecule has 3 rings (SSSR count). The van der Waals surface area contributed by atoms with Gasteiger partial charge in [0.05, 0.1) is 25.7 Å². The molecule has 0 unspecified atom stereocenters. The van der Waals surface area contributed by atoms with E-state index in [9.17, 15) is 13.2 Å². The fourth-order valence-electron chi connectivity index (χ4n) is 3.01. The maximum atomic E-state index is 12.8. The average Bonchev–Trinajstić information content (AvgIpc) is 3.16. The van der Waals surface area contributed by atoms with Crippen LogP contribution < -0.4 is 19.5 Å². The maximum absolute atomic E-state index is 12.8. The van der Waals surface area contributed by atoms with Crippen molar-refractivity contribution in [2.45, 2.75) is 20.3 Å². The lowest BCUT2D eigenvalue weighted by Gasteiger charge is -2.09. The Kier molecular flexibility index (Phi) is 7.37. The Hall–Kier alpha value is -3.11. The molecule has 0 atom stereocenters. The van der Waals surface area contributed by atoms with Crippen LogP contribution in [0.15, 0.2) is 42.5 Å². The Morgan fingerprint density at radius 2 is 1.69 bits per heavy atom. The number of anilines is 2. The number of benzene rings is 2. The molecule has 32 heavy (non-hydrogen) atoms. The van der Waals surface area contributed by atoms with Gasteiger partial charge in [0.2, 0.25) is 10.0 Å². The highest BCUT2D eigenvalue weighted by Gasteiger charge is 2.18. The summed E-state index contributed by atoms with van der Waals surface area (Å²) in [7, 11) is -0.230. The lowest BCUT2D eigenvalue weighted by Crippen LogP contribution is -2.16. The van der Waals surface area contributed by atoms with Gasteiger partial charge in [-0.1, -0.05) is 6.92 Å². The van der Waals surface area contributed by atoms with Crippen LogP contribution in [0.2, 0.25) is 0 Å². The number of sulfonamides is 1. The van der Waals surface area contributed by atoms with Gasteiger partial charge in [-0.25, -0.2) is 13.4 Å². The molecule has 170 valence electrons. The molecule has 1 amide bonds. The SMILES string of the molecule is CCCS(=O)(=O)Nc1ccc(NC(=O)c2sc(-c3ccc(OC)c(OC)c3)nc2C)cc1. The summed E-state index contributed by atoms with van der Waals surface area (Å²) in [5, 5.41) is 3.52. The van der Waals surface area contributed by atoms with Gasteiger partial charge in [-0.2, -0.15) is 0 Å². The number of nitrogens with zero attached hydrogens (tertiary/aromatic N) is 1. The van der Waals surface area contributed by atoms with Crippen LogP contribution in [0.5, 0.6) is 11.5 Å². The summed E-state index contributed by atoms with van der Waals surface area (Å²) in [5.74, 6) is 0.964. The summed E-state index contributed by atoms with van der Waals surface area (Å²) in [6.45, 7) is 3.58. The van der Waals surface area contributed by atoms with Crippen molar-refractivity contribution < 1.29 is 22.7 Å². The van der Waals surface area contributed by atoms with Crippen LogP contribution in [0.25, 0.3) is 10.6 Å². The molecule has 2 N–H and O–H groups in total. The highest BCUT2D eigenvalue weighted by molar-refractivity contribution is 7.92. The smallest absolute Gasteiger partial charge is 0.267 e. The van der Waals surface area contributed by atoms with E-state index in [0.717, 1.165) is 5.56 Å². The fourth-order valence-corrected chi connectivity index (χ4v) is 5.10. The Morgan fingerprint density at radius 3 is 2.31 bits per heavy atom. The number of aromatic nitrogens is 1. The molecular weight excluding hydrogens is 450 g/mol. The number of rotatable bonds is 9. The number of thiazole rings is 1. The van der Waals surface area contributed by atoms with Crippen molar-refractivity contribution in [1.82, 2.24) is 4.98 Å². The number of hydrogen-bond donors (Lipinski definition) is 2. The quantitative estimate of drug-likeness (QED) is 0.471. The second-order valence-electron chi connectivity index (χ2n) is 6.96. The van der Waals surface area contributed by atoms with E-state index >= 15 is 0 Å². The summed E-state index contributed by atoms with van der Waals surface area (Å²) in [5.41, 5.74) is 2.43. The molecule has 1 aromatic heterocycles. The Labute approximate surface area is 191 Å². The molecule has 1 heterocycles. The van der Waals surface area contributed by atoms with E-state index in [1.54, 1.807) is 58.4 Å². The van der Waals surface area contributed by atoms with Gasteiger partial charge in [0, 0.05) is 16.9 Å². The van der Waals surface area contributed by atoms with E-state index in [1.807, 2.05) is 12.1 Å². The minimum absolute atomic E-state index is 0.0541. The Bertz CT molecular complexity index is 1200. The van der Waals surface area contributed by atoms with Crippen LogP contribution in [0.4, 0.5) is 11.4 Å². The number of ether oxygens (including phenoxy) is 2. The van der Waals surface area contributed by atoms with Crippen LogP contribution in [0, 0.1) is 6.92 Å². The van der Waals surface area contributed by atoms with E-state index in [-0.39, 0.29) is 11.7 Å². The van der Waals surface area contributed by atoms with Crippen molar-refractivity contribution in [3.8, 4) is 22.1 Å². The van der Waals surface area contributed by atoms with Crippen molar-refractivity contribution in [1.29, 1.82) is 0 Å². The first kappa shape index (κ1) is 23.6. The molecule has 0 radical (unpaired) electrons. The van der Waals surface area contributed by atoms with Gasteiger partial charge in [-0.3, -0.25) is 9.52 Å². The lowest BCUT2D eigenvalue weighted by molar-refractivity contribution is 0.103. The molecule has 0 aliphatic heterocycles. The van der Waals surface area contributed by atoms with Crippen molar-refractivity contribution in [3.63, 3.8) is 0 Å². The van der Waals surface area contributed by atoms with Gasteiger partial charge >= 0.3 is 0 Å². The van der Waals surface area contributed by atoms with Crippen LogP contribution in [0.1, 0.15) is 28.7 Å². The summed E-state index contributed by atoms with van der Waals surface area (Å²) in [6.07, 6.45) is 0.531. The van der Waals surface area contributed by atoms with Crippen LogP contribution in [-0.2, 0) is 10.0 Å². The predicted octanol–water partition coefficient (Wildman–Crippen LogP) is 4.54. The third-order valence-corrected chi connectivity index (χ3v) is 7.22. The first-order valence-corrected chi connectivity index (χ1v) is 12.3. The van der Waals surface area contributed by atoms with Crippen LogP contribution >= 0.6 is 11.3 Å². The van der Waals surface area contributed by atoms with Crippen LogP contribution in [-0.4, -0.2) is 39.3 Å². The van der Waals surface area contributed by atoms with Crippen molar-refractivity contribution in [2.24, 2.45) is 0 Å². The number of methoxy groups -OCH3 is 2. The predicted molar refractivity (Wildman–Crippen MR) is 127 cm³/mol. The van der Waals surface area contributed by atoms with E-state index in [4.69, 9.17) is 9.47 Å². The van der Waals surface area contributed by atoms with E-state index < -0.39 is 10.0 Å². The fraction of sp³-hybridized carbons (Fsp3) is 0.273. The zero-order valence-electron chi connectivity index (χ0n) is 18.3. The molecule has 10 heteroatoms. The highest BCUT2D eigenvalue weighted by Crippen LogP contribution is 2.35. The second-order valence-corrected chi connectivity index (χ2v) is 9.80. The molecule has 2 aromatic carbocycles. The van der Waals surface area contributed by atoms with Crippen molar-refractivity contribution in [3.05, 3.63) is 53.0 Å². The molecule has 0 bridgehead atoms. The van der Waals surface area contributed by atoms with Gasteiger partial charge < -0.3 is 14.8 Å². The lowest BCUT2D eigenvalue weighted by atomic mass is 10.2. The van der Waals surface area contributed by atoms with Crippen molar-refractivity contribution in [2.75, 3.05) is 30.0 Å². The molecule has 0 saturated heterocycles. The Morgan fingerprint density at radius 1 is 1.03 bits per heavy atom. The van der Waals surface area contributed by atoms with Gasteiger partial charge in [-0.05, 0) is 55.8 Å². The molecule has 8 nitrogen and oxygen atoms in total. The van der Waals surface area contributed by atoms with Gasteiger partial charge in [0.25, 0.3) is 5.91 Å². The number of nitrogens with one attached hydrogen (secondary N) is 2. The van der Waals surface area contributed by atoms with Gasteiger partial charge in [0.15, 0.2) is 11.5 Å². The third kappa shape index (κ3) is 5.57. The average molecular weight is 476 g/mol. The Balaban J connectivity index is 1.75. The number of hydrogen-bond acceptors (Lipinski definition) is 7. The number of amides is 1. The zero-order valence-corrected chi connectivity index (χ0v) is 19.9. The first-order valence-electron chi connectivity index (χ1n) is 9.88. The maximum Gasteiger partial charge on any atom is 0.267 e. The summed E-state index contributed by atoms with van der Waals surface area (Å²) in [4.78, 5) is 17.8. The standard InChI is InChI=1S/C22H25N3O5S2/c1-5-12-32(27,28)25-17-9-7-16(8-10-17)24-21(26)20-14(2)23-22(31-20)15-6-11-18(29-3)19(13-15)30-4/h6-11,13,25H,5,12H2,1-4H3,(H,24,26). The third-order valence-electron chi connectivity index (χ3n) is 4.52. The summed E-state index contributed by atoms with van der Waals surface area (Å²) >= 11 is 1.28. The molecule has 0 fully saturated rings. The molecule has 0 saturated carbocycles. The number of carbonyl (C=O) groups is 1. The monoisotopic (exact) mass is 475 g/mol. The summed E-state index contributed by atoms with van der Waals surface area (Å²) in [6, 6.07) is 12.0. The zero-order chi connectivity index (χ0) is 23.3. The molecule has 3 aromatic rings. The van der Waals surface area contributed by atoms with E-state index in [1.165, 1.54) is 11.3 Å². The molecular formula is C22H25N3O5S2. The van der Waals surface area contributed by atoms with Crippen LogP contribution in [0.3, 0.4) is 0 Å². The number of aryl methyl sites for hydroxylation is 1. The highest BCUT2D eigenvalue weighted by atomic mass is 32.2. The number of carbonyl (C=O) groups excluding carboxylic acids is 1. The van der Waals surface area contributed by atoms with E-state index in [0.29, 0.717) is 44.9 Å². The minimum atomic E-state index is -3.36. The van der Waals surface area contributed by atoms with E-state index in [2.05, 4.69) is 15.0 Å². The largest absolute Gasteiger partial charge is 0.493 e. The van der Waals surface area contributed by atoms with Crippen molar-refractivity contribution >= 4 is 38.6 Å². The summed E-state index contributed by atoms with van der Waals surface area (Å²) < 4.78 is 36.9. The minimum Gasteiger partial charge on any atom is -0.493 e. The molecule has 0 aliphatic rings. The normalized spacial score (nSPS) is 11.1. The second kappa shape index (κ2) is 10.0. The molecule has 0 aliphatic carbocycles. The van der Waals surface area contributed by atoms with Gasteiger partial charge in [-0.15, -0.1) is 11.3 Å².